The van der Waals surface area contributed by atoms with Crippen molar-refractivity contribution in [1.82, 2.24) is 29.4 Å². The van der Waals surface area contributed by atoms with Gasteiger partial charge in [0.25, 0.3) is 0 Å². The third kappa shape index (κ3) is 4.83. The predicted octanol–water partition coefficient (Wildman–Crippen LogP) is 4.12. The number of hydrogen-bond acceptors (Lipinski definition) is 4. The van der Waals surface area contributed by atoms with E-state index in [9.17, 15) is 4.79 Å². The van der Waals surface area contributed by atoms with Crippen LogP contribution in [-0.2, 0) is 18.4 Å². The molecule has 0 aliphatic heterocycles. The fourth-order valence-electron chi connectivity index (χ4n) is 3.47. The molecule has 0 aliphatic rings. The van der Waals surface area contributed by atoms with E-state index >= 15 is 0 Å². The van der Waals surface area contributed by atoms with Crippen LogP contribution in [0, 0.1) is 0 Å². The van der Waals surface area contributed by atoms with Crippen molar-refractivity contribution in [3.63, 3.8) is 0 Å². The third-order valence-electron chi connectivity index (χ3n) is 5.12. The summed E-state index contributed by atoms with van der Waals surface area (Å²) in [7, 11) is 1.87. The molecule has 0 spiro atoms. The number of aryl methyl sites for hydroxylation is 1. The topological polar surface area (TPSA) is 68.8 Å². The quantitative estimate of drug-likeness (QED) is 0.417. The van der Waals surface area contributed by atoms with Gasteiger partial charge in [0.15, 0.2) is 0 Å². The molecule has 0 unspecified atom stereocenters. The Morgan fingerprint density at radius 3 is 2.56 bits per heavy atom. The highest BCUT2D eigenvalue weighted by molar-refractivity contribution is 5.93. The number of carbonyl (C=O) groups excluding carboxylic acids is 1. The number of carbonyl (C=O) groups is 1. The van der Waals surface area contributed by atoms with Crippen LogP contribution >= 0.6 is 0 Å². The van der Waals surface area contributed by atoms with Gasteiger partial charge in [-0.3, -0.25) is 14.5 Å². The zero-order valence-electron chi connectivity index (χ0n) is 18.5. The first-order valence-electron chi connectivity index (χ1n) is 10.5. The van der Waals surface area contributed by atoms with E-state index < -0.39 is 0 Å². The van der Waals surface area contributed by atoms with Crippen molar-refractivity contribution in [2.75, 3.05) is 0 Å². The molecule has 4 rings (SSSR count). The second-order valence-corrected chi connectivity index (χ2v) is 7.87. The van der Waals surface area contributed by atoms with Crippen molar-refractivity contribution < 1.29 is 4.79 Å². The van der Waals surface area contributed by atoms with Crippen LogP contribution in [0.3, 0.4) is 0 Å². The summed E-state index contributed by atoms with van der Waals surface area (Å²) in [5.41, 5.74) is 4.46. The highest BCUT2D eigenvalue weighted by Gasteiger charge is 2.17. The van der Waals surface area contributed by atoms with Crippen LogP contribution in [0.15, 0.2) is 79.5 Å². The van der Waals surface area contributed by atoms with E-state index in [1.165, 1.54) is 0 Å². The molecule has 0 fully saturated rings. The number of para-hydroxylation sites is 1. The molecule has 1 amide bonds. The van der Waals surface area contributed by atoms with Gasteiger partial charge in [0.2, 0.25) is 5.91 Å². The SMILES string of the molecule is CC(C)N(Cc1cnn(C)c1)C(=O)/C=C/c1cn(-c2ccccc2)nc1-c1cccnc1. The Labute approximate surface area is 187 Å². The first kappa shape index (κ1) is 21.2. The van der Waals surface area contributed by atoms with Crippen molar-refractivity contribution in [3.8, 4) is 16.9 Å². The lowest BCUT2D eigenvalue weighted by atomic mass is 10.1. The van der Waals surface area contributed by atoms with E-state index in [2.05, 4.69) is 10.1 Å². The Hall–Kier alpha value is -4.00. The molecule has 0 radical (unpaired) electrons. The van der Waals surface area contributed by atoms with Crippen LogP contribution in [0.5, 0.6) is 0 Å². The molecule has 1 aromatic carbocycles. The van der Waals surface area contributed by atoms with Crippen molar-refractivity contribution >= 4 is 12.0 Å². The van der Waals surface area contributed by atoms with Gasteiger partial charge in [-0.1, -0.05) is 18.2 Å². The van der Waals surface area contributed by atoms with Crippen LogP contribution in [0.4, 0.5) is 0 Å². The second kappa shape index (κ2) is 9.43. The van der Waals surface area contributed by atoms with Crippen LogP contribution in [0.1, 0.15) is 25.0 Å². The predicted molar refractivity (Wildman–Crippen MR) is 125 cm³/mol. The Morgan fingerprint density at radius 1 is 1.09 bits per heavy atom. The third-order valence-corrected chi connectivity index (χ3v) is 5.12. The summed E-state index contributed by atoms with van der Waals surface area (Å²) in [5.74, 6) is -0.0616. The molecule has 0 saturated heterocycles. The molecule has 0 saturated carbocycles. The number of amides is 1. The molecule has 0 bridgehead atoms. The number of rotatable bonds is 7. The first-order valence-corrected chi connectivity index (χ1v) is 10.5. The van der Waals surface area contributed by atoms with Gasteiger partial charge in [-0.2, -0.15) is 10.2 Å². The van der Waals surface area contributed by atoms with Gasteiger partial charge >= 0.3 is 0 Å². The van der Waals surface area contributed by atoms with E-state index in [-0.39, 0.29) is 11.9 Å². The van der Waals surface area contributed by atoms with Crippen molar-refractivity contribution in [1.29, 1.82) is 0 Å². The van der Waals surface area contributed by atoms with E-state index in [4.69, 9.17) is 5.10 Å². The lowest BCUT2D eigenvalue weighted by molar-refractivity contribution is -0.128. The summed E-state index contributed by atoms with van der Waals surface area (Å²) in [4.78, 5) is 19.1. The molecule has 162 valence electrons. The number of benzene rings is 1. The first-order chi connectivity index (χ1) is 15.5. The standard InChI is InChI=1S/C25H26N6O/c1-19(2)30(17-20-14-27-29(3)16-20)24(32)12-11-22-18-31(23-9-5-4-6-10-23)28-25(22)21-8-7-13-26-15-21/h4-16,18-19H,17H2,1-3H3/b12-11+. The van der Waals surface area contributed by atoms with Crippen LogP contribution in [0.2, 0.25) is 0 Å². The zero-order valence-corrected chi connectivity index (χ0v) is 18.5. The van der Waals surface area contributed by atoms with Crippen LogP contribution in [0.25, 0.3) is 23.0 Å². The van der Waals surface area contributed by atoms with Crippen LogP contribution < -0.4 is 0 Å². The molecule has 0 N–H and O–H groups in total. The van der Waals surface area contributed by atoms with Gasteiger partial charge in [0, 0.05) is 67.2 Å². The summed E-state index contributed by atoms with van der Waals surface area (Å²) in [6.45, 7) is 4.53. The monoisotopic (exact) mass is 426 g/mol. The van der Waals surface area contributed by atoms with Gasteiger partial charge in [-0.05, 0) is 44.2 Å². The van der Waals surface area contributed by atoms with Gasteiger partial charge in [0.1, 0.15) is 5.69 Å². The molecule has 32 heavy (non-hydrogen) atoms. The van der Waals surface area contributed by atoms with E-state index in [0.29, 0.717) is 6.54 Å². The van der Waals surface area contributed by atoms with Gasteiger partial charge in [-0.25, -0.2) is 4.68 Å². The summed E-state index contributed by atoms with van der Waals surface area (Å²) in [5, 5.41) is 8.97. The van der Waals surface area contributed by atoms with Crippen molar-refractivity contribution in [2.24, 2.45) is 7.05 Å². The molecule has 3 heterocycles. The van der Waals surface area contributed by atoms with E-state index in [1.54, 1.807) is 29.3 Å². The second-order valence-electron chi connectivity index (χ2n) is 7.87. The largest absolute Gasteiger partial charge is 0.332 e. The number of aromatic nitrogens is 5. The van der Waals surface area contributed by atoms with E-state index in [0.717, 1.165) is 28.1 Å². The molecule has 0 aliphatic carbocycles. The smallest absolute Gasteiger partial charge is 0.247 e. The lowest BCUT2D eigenvalue weighted by Crippen LogP contribution is -2.35. The van der Waals surface area contributed by atoms with Crippen molar-refractivity contribution in [2.45, 2.75) is 26.4 Å². The maximum absolute atomic E-state index is 13.1. The summed E-state index contributed by atoms with van der Waals surface area (Å²) < 4.78 is 3.56. The minimum absolute atomic E-state index is 0.0530. The maximum atomic E-state index is 13.1. The fraction of sp³-hybridized carbons (Fsp3) is 0.200. The normalized spacial score (nSPS) is 11.4. The Morgan fingerprint density at radius 2 is 1.91 bits per heavy atom. The zero-order chi connectivity index (χ0) is 22.5. The minimum Gasteiger partial charge on any atom is -0.332 e. The van der Waals surface area contributed by atoms with Crippen LogP contribution in [-0.4, -0.2) is 41.4 Å². The summed E-state index contributed by atoms with van der Waals surface area (Å²) >= 11 is 0. The highest BCUT2D eigenvalue weighted by atomic mass is 16.2. The lowest BCUT2D eigenvalue weighted by Gasteiger charge is -2.24. The Balaban J connectivity index is 1.64. The van der Waals surface area contributed by atoms with Gasteiger partial charge < -0.3 is 4.90 Å². The molecular formula is C25H26N6O. The molecular weight excluding hydrogens is 400 g/mol. The molecule has 4 aromatic rings. The fourth-order valence-corrected chi connectivity index (χ4v) is 3.47. The Kier molecular flexibility index (Phi) is 6.26. The summed E-state index contributed by atoms with van der Waals surface area (Å²) in [6, 6.07) is 13.8. The average molecular weight is 427 g/mol. The number of nitrogens with zero attached hydrogens (tertiary/aromatic N) is 6. The number of pyridine rings is 1. The minimum atomic E-state index is -0.0616. The summed E-state index contributed by atoms with van der Waals surface area (Å²) in [6.07, 6.45) is 12.6. The molecule has 7 heteroatoms. The average Bonchev–Trinajstić information content (AvgIpc) is 3.43. The molecule has 0 atom stereocenters. The Bertz CT molecular complexity index is 1210. The maximum Gasteiger partial charge on any atom is 0.247 e. The molecule has 3 aromatic heterocycles. The van der Waals surface area contributed by atoms with Gasteiger partial charge in [0.05, 0.1) is 11.9 Å². The van der Waals surface area contributed by atoms with Crippen molar-refractivity contribution in [3.05, 3.63) is 90.7 Å². The van der Waals surface area contributed by atoms with Gasteiger partial charge in [-0.15, -0.1) is 0 Å². The van der Waals surface area contributed by atoms with E-state index in [1.807, 2.05) is 91.4 Å². The molecule has 7 nitrogen and oxygen atoms in total. The number of hydrogen-bond donors (Lipinski definition) is 0. The highest BCUT2D eigenvalue weighted by Crippen LogP contribution is 2.24.